The lowest BCUT2D eigenvalue weighted by atomic mass is 9.96. The third-order valence-corrected chi connectivity index (χ3v) is 6.98. The van der Waals surface area contributed by atoms with Crippen LogP contribution in [0.3, 0.4) is 0 Å². The Bertz CT molecular complexity index is 1420. The maximum absolute atomic E-state index is 13.0. The van der Waals surface area contributed by atoms with Crippen LogP contribution in [0.25, 0.3) is 11.1 Å². The monoisotopic (exact) mass is 517 g/mol. The predicted molar refractivity (Wildman–Crippen MR) is 143 cm³/mol. The molecule has 0 fully saturated rings. The third kappa shape index (κ3) is 5.40. The van der Waals surface area contributed by atoms with Crippen molar-refractivity contribution < 1.29 is 19.0 Å². The molecule has 10 heteroatoms. The zero-order valence-electron chi connectivity index (χ0n) is 21.4. The molecule has 37 heavy (non-hydrogen) atoms. The molecule has 0 saturated heterocycles. The molecule has 1 unspecified atom stereocenters. The van der Waals surface area contributed by atoms with Gasteiger partial charge in [0.15, 0.2) is 11.5 Å². The molecule has 0 aliphatic carbocycles. The summed E-state index contributed by atoms with van der Waals surface area (Å²) < 4.78 is 16.3. The summed E-state index contributed by atoms with van der Waals surface area (Å²) >= 11 is 1.08. The van der Waals surface area contributed by atoms with E-state index in [-0.39, 0.29) is 33.4 Å². The van der Waals surface area contributed by atoms with Crippen molar-refractivity contribution in [2.24, 2.45) is 0 Å². The fourth-order valence-corrected chi connectivity index (χ4v) is 4.66. The fourth-order valence-electron chi connectivity index (χ4n) is 3.74. The molecule has 0 radical (unpaired) electrons. The van der Waals surface area contributed by atoms with Gasteiger partial charge in [0.1, 0.15) is 28.5 Å². The number of rotatable bonds is 8. The number of ether oxygens (including phenoxy) is 3. The molecule has 1 atom stereocenters. The summed E-state index contributed by atoms with van der Waals surface area (Å²) in [6.07, 6.45) is 0. The number of nitrogens with zero attached hydrogens (tertiary/aromatic N) is 3. The van der Waals surface area contributed by atoms with Crippen LogP contribution >= 0.6 is 11.8 Å². The lowest BCUT2D eigenvalue weighted by molar-refractivity contribution is -0.115. The first-order valence-electron chi connectivity index (χ1n) is 11.2. The van der Waals surface area contributed by atoms with Crippen molar-refractivity contribution in [1.29, 1.82) is 10.5 Å². The number of benzene rings is 2. The van der Waals surface area contributed by atoms with Gasteiger partial charge in [-0.15, -0.1) is 0 Å². The Morgan fingerprint density at radius 1 is 1.05 bits per heavy atom. The van der Waals surface area contributed by atoms with Gasteiger partial charge in [-0.3, -0.25) is 4.79 Å². The van der Waals surface area contributed by atoms with E-state index in [1.807, 2.05) is 38.1 Å². The van der Waals surface area contributed by atoms with Crippen LogP contribution in [0, 0.1) is 36.5 Å². The minimum atomic E-state index is -0.625. The average molecular weight is 518 g/mol. The molecule has 1 aromatic heterocycles. The molecular weight excluding hydrogens is 490 g/mol. The summed E-state index contributed by atoms with van der Waals surface area (Å²) in [7, 11) is 4.41. The van der Waals surface area contributed by atoms with E-state index < -0.39 is 5.25 Å². The number of amides is 1. The first kappa shape index (κ1) is 27.2. The highest BCUT2D eigenvalue weighted by Gasteiger charge is 2.26. The Morgan fingerprint density at radius 2 is 1.68 bits per heavy atom. The summed E-state index contributed by atoms with van der Waals surface area (Å²) in [5.74, 6) is 0.724. The standard InChI is InChI=1S/C27H27N5O4S/c1-14-8-7-9-20(15(14)2)31-26(33)16(3)37-27-19(13-29)23(18(12-28)25(30)32-27)17-10-21(34-4)24(36-6)22(11-17)35-5/h7-11,16H,1-6H3,(H2,30,32)(H,31,33). The Balaban J connectivity index is 2.10. The van der Waals surface area contributed by atoms with Crippen LogP contribution in [0.4, 0.5) is 11.5 Å². The molecule has 0 aliphatic rings. The second-order valence-electron chi connectivity index (χ2n) is 8.06. The largest absolute Gasteiger partial charge is 0.493 e. The number of thioether (sulfide) groups is 1. The highest BCUT2D eigenvalue weighted by atomic mass is 32.2. The van der Waals surface area contributed by atoms with Crippen molar-refractivity contribution in [1.82, 2.24) is 4.98 Å². The maximum atomic E-state index is 13.0. The van der Waals surface area contributed by atoms with Crippen LogP contribution in [0.15, 0.2) is 35.4 Å². The van der Waals surface area contributed by atoms with Crippen LogP contribution < -0.4 is 25.3 Å². The summed E-state index contributed by atoms with van der Waals surface area (Å²) in [5, 5.41) is 22.5. The first-order valence-corrected chi connectivity index (χ1v) is 12.1. The highest BCUT2D eigenvalue weighted by molar-refractivity contribution is 8.00. The normalized spacial score (nSPS) is 11.1. The molecule has 3 N–H and O–H groups in total. The summed E-state index contributed by atoms with van der Waals surface area (Å²) in [4.78, 5) is 17.3. The summed E-state index contributed by atoms with van der Waals surface area (Å²) in [5.41, 5.74) is 9.75. The lowest BCUT2D eigenvalue weighted by Crippen LogP contribution is -2.23. The third-order valence-electron chi connectivity index (χ3n) is 5.89. The van der Waals surface area contributed by atoms with Crippen LogP contribution in [0.5, 0.6) is 17.2 Å². The van der Waals surface area contributed by atoms with E-state index >= 15 is 0 Å². The van der Waals surface area contributed by atoms with Crippen molar-refractivity contribution in [2.45, 2.75) is 31.0 Å². The van der Waals surface area contributed by atoms with Crippen molar-refractivity contribution in [3.63, 3.8) is 0 Å². The Labute approximate surface area is 220 Å². The van der Waals surface area contributed by atoms with E-state index in [0.717, 1.165) is 22.9 Å². The average Bonchev–Trinajstić information content (AvgIpc) is 2.89. The molecule has 0 saturated carbocycles. The molecule has 0 aliphatic heterocycles. The number of aromatic nitrogens is 1. The Morgan fingerprint density at radius 3 is 2.22 bits per heavy atom. The van der Waals surface area contributed by atoms with Crippen molar-refractivity contribution in [3.8, 4) is 40.5 Å². The molecule has 3 rings (SSSR count). The van der Waals surface area contributed by atoms with Crippen LogP contribution in [-0.4, -0.2) is 37.5 Å². The van der Waals surface area contributed by atoms with Crippen molar-refractivity contribution >= 4 is 29.2 Å². The molecule has 1 heterocycles. The zero-order valence-corrected chi connectivity index (χ0v) is 22.2. The van der Waals surface area contributed by atoms with Gasteiger partial charge in [-0.2, -0.15) is 10.5 Å². The van der Waals surface area contributed by atoms with E-state index in [2.05, 4.69) is 16.4 Å². The number of carbonyl (C=O) groups is 1. The summed E-state index contributed by atoms with van der Waals surface area (Å²) in [6.45, 7) is 5.61. The second kappa shape index (κ2) is 11.5. The Kier molecular flexibility index (Phi) is 8.49. The Hall–Kier alpha value is -4.41. The van der Waals surface area contributed by atoms with E-state index in [0.29, 0.717) is 28.5 Å². The van der Waals surface area contributed by atoms with Gasteiger partial charge in [0.2, 0.25) is 11.7 Å². The zero-order chi connectivity index (χ0) is 27.3. The second-order valence-corrected chi connectivity index (χ2v) is 9.39. The van der Waals surface area contributed by atoms with Gasteiger partial charge in [0.25, 0.3) is 0 Å². The number of nitrogen functional groups attached to an aromatic ring is 1. The first-order chi connectivity index (χ1) is 17.7. The number of pyridine rings is 1. The molecule has 3 aromatic rings. The number of nitrogens with one attached hydrogen (secondary N) is 1. The molecule has 9 nitrogen and oxygen atoms in total. The number of hydrogen-bond donors (Lipinski definition) is 2. The van der Waals surface area contributed by atoms with E-state index in [1.165, 1.54) is 21.3 Å². The SMILES string of the molecule is COc1cc(-c2c(C#N)c(N)nc(SC(C)C(=O)Nc3cccc(C)c3C)c2C#N)cc(OC)c1OC. The van der Waals surface area contributed by atoms with Crippen LogP contribution in [0.1, 0.15) is 29.2 Å². The minimum absolute atomic E-state index is 0.0302. The minimum Gasteiger partial charge on any atom is -0.493 e. The number of methoxy groups -OCH3 is 3. The number of nitriles is 2. The van der Waals surface area contributed by atoms with Gasteiger partial charge < -0.3 is 25.3 Å². The summed E-state index contributed by atoms with van der Waals surface area (Å²) in [6, 6.07) is 13.1. The van der Waals surface area contributed by atoms with E-state index in [9.17, 15) is 15.3 Å². The predicted octanol–water partition coefficient (Wildman–Crippen LogP) is 4.84. The van der Waals surface area contributed by atoms with E-state index in [1.54, 1.807) is 19.1 Å². The topological polar surface area (TPSA) is 143 Å². The molecule has 0 spiro atoms. The number of hydrogen-bond acceptors (Lipinski definition) is 9. The number of nitrogens with two attached hydrogens (primary N) is 1. The quantitative estimate of drug-likeness (QED) is 0.401. The highest BCUT2D eigenvalue weighted by Crippen LogP contribution is 2.44. The van der Waals surface area contributed by atoms with Crippen molar-refractivity contribution in [3.05, 3.63) is 52.6 Å². The number of carbonyl (C=O) groups excluding carboxylic acids is 1. The van der Waals surface area contributed by atoms with Gasteiger partial charge in [0, 0.05) is 11.3 Å². The van der Waals surface area contributed by atoms with Gasteiger partial charge in [-0.1, -0.05) is 23.9 Å². The van der Waals surface area contributed by atoms with Crippen LogP contribution in [0.2, 0.25) is 0 Å². The van der Waals surface area contributed by atoms with E-state index in [4.69, 9.17) is 19.9 Å². The molecule has 2 aromatic carbocycles. The number of anilines is 2. The molecular formula is C27H27N5O4S. The van der Waals surface area contributed by atoms with Gasteiger partial charge in [0.05, 0.1) is 32.1 Å². The molecule has 190 valence electrons. The smallest absolute Gasteiger partial charge is 0.237 e. The van der Waals surface area contributed by atoms with Crippen LogP contribution in [-0.2, 0) is 4.79 Å². The maximum Gasteiger partial charge on any atom is 0.237 e. The van der Waals surface area contributed by atoms with Crippen molar-refractivity contribution in [2.75, 3.05) is 32.4 Å². The lowest BCUT2D eigenvalue weighted by Gasteiger charge is -2.18. The van der Waals surface area contributed by atoms with Gasteiger partial charge in [-0.25, -0.2) is 4.98 Å². The molecule has 1 amide bonds. The fraction of sp³-hybridized carbons (Fsp3) is 0.259. The van der Waals surface area contributed by atoms with Gasteiger partial charge in [-0.05, 0) is 55.7 Å². The molecule has 0 bridgehead atoms. The van der Waals surface area contributed by atoms with Gasteiger partial charge >= 0.3 is 0 Å². The number of aryl methyl sites for hydroxylation is 1.